The Balaban J connectivity index is 1.70. The van der Waals surface area contributed by atoms with Gasteiger partial charge in [0.1, 0.15) is 11.5 Å². The molecule has 1 aromatic heterocycles. The second kappa shape index (κ2) is 6.96. The lowest BCUT2D eigenvalue weighted by Crippen LogP contribution is -2.52. The lowest BCUT2D eigenvalue weighted by molar-refractivity contribution is -0.145. The molecule has 2 saturated heterocycles. The van der Waals surface area contributed by atoms with Crippen molar-refractivity contribution in [2.24, 2.45) is 0 Å². The number of likely N-dealkylation sites (tertiary alicyclic amines) is 1. The van der Waals surface area contributed by atoms with Gasteiger partial charge >= 0.3 is 6.18 Å². The Morgan fingerprint density at radius 3 is 2.62 bits per heavy atom. The monoisotopic (exact) mass is 343 g/mol. The van der Waals surface area contributed by atoms with Crippen LogP contribution in [0.1, 0.15) is 25.0 Å². The van der Waals surface area contributed by atoms with Crippen molar-refractivity contribution in [1.29, 1.82) is 0 Å². The highest BCUT2D eigenvalue weighted by atomic mass is 19.4. The van der Waals surface area contributed by atoms with Crippen LogP contribution in [0.15, 0.2) is 18.2 Å². The maximum atomic E-state index is 12.8. The molecule has 0 N–H and O–H groups in total. The third-order valence-corrected chi connectivity index (χ3v) is 4.36. The number of carbonyl (C=O) groups excluding carboxylic acids is 1. The molecule has 1 aromatic rings. The first-order chi connectivity index (χ1) is 11.4. The molecule has 0 aromatic carbocycles. The minimum atomic E-state index is -4.48. The Bertz CT molecular complexity index is 588. The topological polar surface area (TPSA) is 45.7 Å². The van der Waals surface area contributed by atoms with Crippen LogP contribution in [0.5, 0.6) is 0 Å². The van der Waals surface area contributed by atoms with Crippen molar-refractivity contribution in [3.05, 3.63) is 23.9 Å². The number of morpholine rings is 1. The Labute approximate surface area is 138 Å². The van der Waals surface area contributed by atoms with E-state index in [1.54, 1.807) is 9.80 Å². The third-order valence-electron chi connectivity index (χ3n) is 4.36. The zero-order chi connectivity index (χ0) is 17.2. The number of pyridine rings is 1. The third kappa shape index (κ3) is 3.80. The Morgan fingerprint density at radius 1 is 1.17 bits per heavy atom. The number of aromatic nitrogens is 1. The minimum Gasteiger partial charge on any atom is -0.365 e. The van der Waals surface area contributed by atoms with Gasteiger partial charge in [-0.05, 0) is 31.4 Å². The number of nitrogens with zero attached hydrogens (tertiary/aromatic N) is 3. The molecule has 0 bridgehead atoms. The summed E-state index contributed by atoms with van der Waals surface area (Å²) in [6.45, 7) is 2.38. The molecule has 0 spiro atoms. The second-order valence-electron chi connectivity index (χ2n) is 6.07. The van der Waals surface area contributed by atoms with Crippen LogP contribution in [0.25, 0.3) is 0 Å². The minimum absolute atomic E-state index is 0.0774. The second-order valence-corrected chi connectivity index (χ2v) is 6.07. The highest BCUT2D eigenvalue weighted by Crippen LogP contribution is 2.29. The van der Waals surface area contributed by atoms with E-state index in [1.807, 2.05) is 0 Å². The van der Waals surface area contributed by atoms with Gasteiger partial charge in [0.2, 0.25) is 0 Å². The molecular weight excluding hydrogens is 323 g/mol. The van der Waals surface area contributed by atoms with Crippen LogP contribution in [0.4, 0.5) is 19.0 Å². The van der Waals surface area contributed by atoms with Gasteiger partial charge in [0.25, 0.3) is 5.91 Å². The SMILES string of the molecule is O=C(C1CN(c2cccc(C(F)(F)F)n2)CCO1)N1CCCCC1. The van der Waals surface area contributed by atoms with Gasteiger partial charge in [-0.1, -0.05) is 6.07 Å². The van der Waals surface area contributed by atoms with Crippen molar-refractivity contribution in [2.45, 2.75) is 31.5 Å². The number of ether oxygens (including phenoxy) is 1. The fourth-order valence-corrected chi connectivity index (χ4v) is 3.08. The fraction of sp³-hybridized carbons (Fsp3) is 0.625. The zero-order valence-electron chi connectivity index (χ0n) is 13.3. The van der Waals surface area contributed by atoms with E-state index in [0.29, 0.717) is 13.2 Å². The summed E-state index contributed by atoms with van der Waals surface area (Å²) in [6.07, 6.45) is -2.04. The van der Waals surface area contributed by atoms with Crippen LogP contribution in [0.2, 0.25) is 0 Å². The number of halogens is 3. The molecule has 8 heteroatoms. The van der Waals surface area contributed by atoms with Gasteiger partial charge in [-0.3, -0.25) is 4.79 Å². The normalized spacial score (nSPS) is 22.5. The largest absolute Gasteiger partial charge is 0.433 e. The summed E-state index contributed by atoms with van der Waals surface area (Å²) in [5, 5.41) is 0. The molecule has 3 heterocycles. The molecule has 5 nitrogen and oxygen atoms in total. The number of alkyl halides is 3. The van der Waals surface area contributed by atoms with Crippen LogP contribution >= 0.6 is 0 Å². The predicted octanol–water partition coefficient (Wildman–Crippen LogP) is 2.32. The Hall–Kier alpha value is -1.83. The molecule has 24 heavy (non-hydrogen) atoms. The van der Waals surface area contributed by atoms with E-state index in [-0.39, 0.29) is 18.3 Å². The Kier molecular flexibility index (Phi) is 4.93. The molecule has 0 aliphatic carbocycles. The number of amides is 1. The highest BCUT2D eigenvalue weighted by Gasteiger charge is 2.34. The predicted molar refractivity (Wildman–Crippen MR) is 81.6 cm³/mol. The summed E-state index contributed by atoms with van der Waals surface area (Å²) < 4.78 is 44.0. The number of hydrogen-bond acceptors (Lipinski definition) is 4. The smallest absolute Gasteiger partial charge is 0.365 e. The van der Waals surface area contributed by atoms with Crippen molar-refractivity contribution in [2.75, 3.05) is 37.7 Å². The van der Waals surface area contributed by atoms with Gasteiger partial charge < -0.3 is 14.5 Å². The molecule has 1 amide bonds. The molecule has 2 aliphatic rings. The summed E-state index contributed by atoms with van der Waals surface area (Å²) >= 11 is 0. The molecule has 0 radical (unpaired) electrons. The van der Waals surface area contributed by atoms with Gasteiger partial charge in [0, 0.05) is 19.6 Å². The lowest BCUT2D eigenvalue weighted by atomic mass is 10.1. The lowest BCUT2D eigenvalue weighted by Gasteiger charge is -2.36. The van der Waals surface area contributed by atoms with Gasteiger partial charge in [-0.25, -0.2) is 4.98 Å². The first-order valence-corrected chi connectivity index (χ1v) is 8.15. The van der Waals surface area contributed by atoms with Crippen molar-refractivity contribution < 1.29 is 22.7 Å². The molecular formula is C16H20F3N3O2. The van der Waals surface area contributed by atoms with Gasteiger partial charge in [-0.15, -0.1) is 0 Å². The van der Waals surface area contributed by atoms with E-state index in [0.717, 1.165) is 38.4 Å². The zero-order valence-corrected chi connectivity index (χ0v) is 13.3. The number of hydrogen-bond donors (Lipinski definition) is 0. The van der Waals surface area contributed by atoms with Crippen molar-refractivity contribution in [3.8, 4) is 0 Å². The van der Waals surface area contributed by atoms with Gasteiger partial charge in [0.05, 0.1) is 13.2 Å². The first-order valence-electron chi connectivity index (χ1n) is 8.15. The standard InChI is InChI=1S/C16H20F3N3O2/c17-16(18,19)13-5-4-6-14(20-13)22-9-10-24-12(11-22)15(23)21-7-2-1-3-8-21/h4-6,12H,1-3,7-11H2. The van der Waals surface area contributed by atoms with E-state index in [9.17, 15) is 18.0 Å². The quantitative estimate of drug-likeness (QED) is 0.827. The first kappa shape index (κ1) is 17.0. The van der Waals surface area contributed by atoms with Crippen LogP contribution < -0.4 is 4.90 Å². The molecule has 0 saturated carbocycles. The van der Waals surface area contributed by atoms with Crippen LogP contribution in [-0.2, 0) is 15.7 Å². The van der Waals surface area contributed by atoms with E-state index in [2.05, 4.69) is 4.98 Å². The molecule has 3 rings (SSSR count). The van der Waals surface area contributed by atoms with E-state index in [1.165, 1.54) is 12.1 Å². The number of rotatable bonds is 2. The maximum Gasteiger partial charge on any atom is 0.433 e. The summed E-state index contributed by atoms with van der Waals surface area (Å²) in [5.74, 6) is 0.149. The fourth-order valence-electron chi connectivity index (χ4n) is 3.08. The molecule has 1 unspecified atom stereocenters. The molecule has 2 aliphatic heterocycles. The van der Waals surface area contributed by atoms with Crippen molar-refractivity contribution in [1.82, 2.24) is 9.88 Å². The number of carbonyl (C=O) groups is 1. The summed E-state index contributed by atoms with van der Waals surface area (Å²) in [5.41, 5.74) is -0.926. The van der Waals surface area contributed by atoms with Crippen molar-refractivity contribution in [3.63, 3.8) is 0 Å². The number of piperidine rings is 1. The summed E-state index contributed by atoms with van der Waals surface area (Å²) in [6, 6.07) is 3.81. The highest BCUT2D eigenvalue weighted by molar-refractivity contribution is 5.82. The van der Waals surface area contributed by atoms with E-state index >= 15 is 0 Å². The van der Waals surface area contributed by atoms with Crippen LogP contribution in [-0.4, -0.2) is 54.7 Å². The van der Waals surface area contributed by atoms with E-state index < -0.39 is 18.0 Å². The van der Waals surface area contributed by atoms with E-state index in [4.69, 9.17) is 4.74 Å². The molecule has 132 valence electrons. The molecule has 1 atom stereocenters. The average molecular weight is 343 g/mol. The van der Waals surface area contributed by atoms with Gasteiger partial charge in [-0.2, -0.15) is 13.2 Å². The van der Waals surface area contributed by atoms with Crippen LogP contribution in [0, 0.1) is 0 Å². The number of anilines is 1. The maximum absolute atomic E-state index is 12.8. The summed E-state index contributed by atoms with van der Waals surface area (Å²) in [7, 11) is 0. The Morgan fingerprint density at radius 2 is 1.92 bits per heavy atom. The summed E-state index contributed by atoms with van der Waals surface area (Å²) in [4.78, 5) is 19.7. The molecule has 2 fully saturated rings. The van der Waals surface area contributed by atoms with Crippen LogP contribution in [0.3, 0.4) is 0 Å². The van der Waals surface area contributed by atoms with Gasteiger partial charge in [0.15, 0.2) is 6.10 Å². The van der Waals surface area contributed by atoms with Crippen molar-refractivity contribution >= 4 is 11.7 Å². The average Bonchev–Trinajstić information content (AvgIpc) is 2.61.